The fourth-order valence-corrected chi connectivity index (χ4v) is 2.74. The standard InChI is InChI=1S/C12H24O/c1-8-6-10(3)12(5,11(4)13)7-9(8)2/h8-11,13H,6-7H2,1-5H3/t8?,9?,10?,11-,12?/m0/s1. The summed E-state index contributed by atoms with van der Waals surface area (Å²) in [5, 5.41) is 9.81. The van der Waals surface area contributed by atoms with Gasteiger partial charge in [0, 0.05) is 0 Å². The van der Waals surface area contributed by atoms with Crippen LogP contribution >= 0.6 is 0 Å². The fourth-order valence-electron chi connectivity index (χ4n) is 2.74. The average Bonchev–Trinajstić information content (AvgIpc) is 2.01. The Balaban J connectivity index is 2.76. The molecule has 0 saturated heterocycles. The summed E-state index contributed by atoms with van der Waals surface area (Å²) in [5.41, 5.74) is 0.145. The minimum absolute atomic E-state index is 0.145. The van der Waals surface area contributed by atoms with Gasteiger partial charge < -0.3 is 5.11 Å². The fraction of sp³-hybridized carbons (Fsp3) is 1.00. The number of rotatable bonds is 1. The zero-order chi connectivity index (χ0) is 10.2. The third kappa shape index (κ3) is 1.90. The van der Waals surface area contributed by atoms with Crippen LogP contribution in [0, 0.1) is 23.2 Å². The first-order valence-electron chi connectivity index (χ1n) is 5.56. The molecule has 1 saturated carbocycles. The number of hydrogen-bond acceptors (Lipinski definition) is 1. The highest BCUT2D eigenvalue weighted by molar-refractivity contribution is 4.92. The molecule has 0 aromatic heterocycles. The van der Waals surface area contributed by atoms with E-state index in [0.717, 1.165) is 11.8 Å². The lowest BCUT2D eigenvalue weighted by molar-refractivity contribution is -0.0465. The van der Waals surface area contributed by atoms with Crippen LogP contribution in [-0.2, 0) is 0 Å². The van der Waals surface area contributed by atoms with E-state index in [2.05, 4.69) is 27.7 Å². The molecule has 0 bridgehead atoms. The Morgan fingerprint density at radius 2 is 1.77 bits per heavy atom. The van der Waals surface area contributed by atoms with E-state index in [0.29, 0.717) is 5.92 Å². The molecule has 0 aliphatic heterocycles. The van der Waals surface area contributed by atoms with Gasteiger partial charge in [0.05, 0.1) is 6.10 Å². The summed E-state index contributed by atoms with van der Waals surface area (Å²) in [6.45, 7) is 11.1. The molecule has 1 N–H and O–H groups in total. The minimum Gasteiger partial charge on any atom is -0.393 e. The summed E-state index contributed by atoms with van der Waals surface area (Å²) in [7, 11) is 0. The van der Waals surface area contributed by atoms with Crippen LogP contribution < -0.4 is 0 Å². The van der Waals surface area contributed by atoms with Crippen LogP contribution in [0.5, 0.6) is 0 Å². The van der Waals surface area contributed by atoms with Crippen molar-refractivity contribution in [2.75, 3.05) is 0 Å². The Bertz CT molecular complexity index is 176. The van der Waals surface area contributed by atoms with Crippen molar-refractivity contribution in [2.45, 2.75) is 53.6 Å². The molecule has 0 radical (unpaired) electrons. The second kappa shape index (κ2) is 3.61. The lowest BCUT2D eigenvalue weighted by atomic mass is 9.59. The second-order valence-corrected chi connectivity index (χ2v) is 5.48. The van der Waals surface area contributed by atoms with Gasteiger partial charge in [0.1, 0.15) is 0 Å². The van der Waals surface area contributed by atoms with E-state index in [1.807, 2.05) is 6.92 Å². The van der Waals surface area contributed by atoms with Crippen LogP contribution in [0.4, 0.5) is 0 Å². The van der Waals surface area contributed by atoms with Gasteiger partial charge in [-0.05, 0) is 42.9 Å². The summed E-state index contributed by atoms with van der Waals surface area (Å²) >= 11 is 0. The number of aliphatic hydroxyl groups excluding tert-OH is 1. The molecule has 0 aromatic carbocycles. The Labute approximate surface area is 82.5 Å². The molecule has 1 fully saturated rings. The Morgan fingerprint density at radius 3 is 2.23 bits per heavy atom. The first-order chi connectivity index (χ1) is 5.88. The molecule has 0 amide bonds. The van der Waals surface area contributed by atoms with Gasteiger partial charge in [-0.25, -0.2) is 0 Å². The highest BCUT2D eigenvalue weighted by Gasteiger charge is 2.42. The molecule has 1 aliphatic rings. The predicted octanol–water partition coefficient (Wildman–Crippen LogP) is 3.08. The van der Waals surface area contributed by atoms with Gasteiger partial charge in [0.25, 0.3) is 0 Å². The lowest BCUT2D eigenvalue weighted by Gasteiger charge is -2.47. The van der Waals surface area contributed by atoms with Crippen molar-refractivity contribution in [1.29, 1.82) is 0 Å². The van der Waals surface area contributed by atoms with Crippen molar-refractivity contribution in [3.05, 3.63) is 0 Å². The molecule has 1 aliphatic carbocycles. The summed E-state index contributed by atoms with van der Waals surface area (Å²) in [6, 6.07) is 0. The maximum atomic E-state index is 9.81. The van der Waals surface area contributed by atoms with Crippen molar-refractivity contribution in [3.63, 3.8) is 0 Å². The highest BCUT2D eigenvalue weighted by Crippen LogP contribution is 2.47. The van der Waals surface area contributed by atoms with E-state index in [4.69, 9.17) is 0 Å². The zero-order valence-electron chi connectivity index (χ0n) is 9.67. The zero-order valence-corrected chi connectivity index (χ0v) is 9.67. The normalized spacial score (nSPS) is 48.9. The average molecular weight is 184 g/mol. The molecule has 0 spiro atoms. The second-order valence-electron chi connectivity index (χ2n) is 5.48. The predicted molar refractivity (Wildman–Crippen MR) is 56.5 cm³/mol. The maximum Gasteiger partial charge on any atom is 0.0568 e. The van der Waals surface area contributed by atoms with Crippen LogP contribution in [0.1, 0.15) is 47.5 Å². The lowest BCUT2D eigenvalue weighted by Crippen LogP contribution is -2.43. The molecule has 1 heteroatoms. The summed E-state index contributed by atoms with van der Waals surface area (Å²) < 4.78 is 0. The Kier molecular flexibility index (Phi) is 3.06. The van der Waals surface area contributed by atoms with E-state index < -0.39 is 0 Å². The smallest absolute Gasteiger partial charge is 0.0568 e. The molecule has 13 heavy (non-hydrogen) atoms. The first kappa shape index (κ1) is 11.0. The van der Waals surface area contributed by atoms with Crippen molar-refractivity contribution < 1.29 is 5.11 Å². The molecule has 78 valence electrons. The third-order valence-corrected chi connectivity index (χ3v) is 4.54. The summed E-state index contributed by atoms with van der Waals surface area (Å²) in [4.78, 5) is 0. The van der Waals surface area contributed by atoms with Gasteiger partial charge in [-0.3, -0.25) is 0 Å². The van der Waals surface area contributed by atoms with E-state index in [1.165, 1.54) is 12.8 Å². The quantitative estimate of drug-likeness (QED) is 0.664. The number of aliphatic hydroxyl groups is 1. The largest absolute Gasteiger partial charge is 0.393 e. The Hall–Kier alpha value is -0.0400. The molecule has 1 rings (SSSR count). The van der Waals surface area contributed by atoms with Gasteiger partial charge in [-0.2, -0.15) is 0 Å². The molecule has 0 aromatic rings. The Morgan fingerprint density at radius 1 is 1.23 bits per heavy atom. The van der Waals surface area contributed by atoms with Crippen LogP contribution in [0.3, 0.4) is 0 Å². The van der Waals surface area contributed by atoms with Crippen molar-refractivity contribution in [1.82, 2.24) is 0 Å². The number of hydrogen-bond donors (Lipinski definition) is 1. The molecular formula is C12H24O. The summed E-state index contributed by atoms with van der Waals surface area (Å²) in [5.74, 6) is 2.23. The first-order valence-corrected chi connectivity index (χ1v) is 5.56. The van der Waals surface area contributed by atoms with E-state index in [1.54, 1.807) is 0 Å². The van der Waals surface area contributed by atoms with Gasteiger partial charge in [-0.15, -0.1) is 0 Å². The van der Waals surface area contributed by atoms with Crippen LogP contribution in [0.25, 0.3) is 0 Å². The van der Waals surface area contributed by atoms with Crippen molar-refractivity contribution >= 4 is 0 Å². The van der Waals surface area contributed by atoms with E-state index in [-0.39, 0.29) is 11.5 Å². The highest BCUT2D eigenvalue weighted by atomic mass is 16.3. The van der Waals surface area contributed by atoms with E-state index >= 15 is 0 Å². The van der Waals surface area contributed by atoms with Gasteiger partial charge in [-0.1, -0.05) is 27.7 Å². The molecule has 1 nitrogen and oxygen atoms in total. The maximum absolute atomic E-state index is 9.81. The van der Waals surface area contributed by atoms with Gasteiger partial charge in [0.2, 0.25) is 0 Å². The SMILES string of the molecule is CC1CC(C)C(C)([C@H](C)O)CC1C. The molecule has 5 atom stereocenters. The van der Waals surface area contributed by atoms with Crippen molar-refractivity contribution in [3.8, 4) is 0 Å². The molecular weight excluding hydrogens is 160 g/mol. The van der Waals surface area contributed by atoms with Crippen LogP contribution in [0.2, 0.25) is 0 Å². The minimum atomic E-state index is -0.169. The van der Waals surface area contributed by atoms with E-state index in [9.17, 15) is 5.11 Å². The molecule has 4 unspecified atom stereocenters. The van der Waals surface area contributed by atoms with Crippen molar-refractivity contribution in [2.24, 2.45) is 23.2 Å². The van der Waals surface area contributed by atoms with Crippen LogP contribution in [-0.4, -0.2) is 11.2 Å². The monoisotopic (exact) mass is 184 g/mol. The van der Waals surface area contributed by atoms with Crippen LogP contribution in [0.15, 0.2) is 0 Å². The topological polar surface area (TPSA) is 20.2 Å². The molecule has 0 heterocycles. The summed E-state index contributed by atoms with van der Waals surface area (Å²) in [6.07, 6.45) is 2.27. The van der Waals surface area contributed by atoms with Gasteiger partial charge >= 0.3 is 0 Å². The van der Waals surface area contributed by atoms with Gasteiger partial charge in [0.15, 0.2) is 0 Å². The third-order valence-electron chi connectivity index (χ3n) is 4.54.